The van der Waals surface area contributed by atoms with E-state index in [4.69, 9.17) is 0 Å². The second-order valence-electron chi connectivity index (χ2n) is 5.88. The van der Waals surface area contributed by atoms with Crippen LogP contribution in [-0.2, 0) is 14.8 Å². The molecule has 2 aromatic rings. The van der Waals surface area contributed by atoms with E-state index >= 15 is 0 Å². The molecule has 0 amide bonds. The summed E-state index contributed by atoms with van der Waals surface area (Å²) in [6.45, 7) is 1.72. The number of halogens is 1. The van der Waals surface area contributed by atoms with Crippen LogP contribution in [0.3, 0.4) is 0 Å². The first-order chi connectivity index (χ1) is 12.4. The highest BCUT2D eigenvalue weighted by atomic mass is 32.2. The van der Waals surface area contributed by atoms with Crippen molar-refractivity contribution < 1.29 is 22.3 Å². The summed E-state index contributed by atoms with van der Waals surface area (Å²) in [7, 11) is -2.30. The average Bonchev–Trinajstić information content (AvgIpc) is 2.68. The molecule has 138 valence electrons. The largest absolute Gasteiger partial charge is 0.465 e. The number of piperazine rings is 1. The number of hydrogen-bond acceptors (Lipinski definition) is 5. The van der Waals surface area contributed by atoms with Crippen molar-refractivity contribution in [2.45, 2.75) is 4.90 Å². The third-order valence-corrected chi connectivity index (χ3v) is 6.26. The minimum atomic E-state index is -3.63. The molecule has 0 aromatic heterocycles. The lowest BCUT2D eigenvalue weighted by molar-refractivity contribution is 0.0600. The number of sulfonamides is 1. The predicted molar refractivity (Wildman–Crippen MR) is 95.2 cm³/mol. The lowest BCUT2D eigenvalue weighted by Crippen LogP contribution is -2.48. The Balaban J connectivity index is 1.67. The number of carbonyl (C=O) groups is 1. The number of hydrogen-bond donors (Lipinski definition) is 0. The minimum absolute atomic E-state index is 0.0924. The van der Waals surface area contributed by atoms with Crippen LogP contribution >= 0.6 is 0 Å². The Labute approximate surface area is 151 Å². The molecule has 0 N–H and O–H groups in total. The number of ether oxygens (including phenoxy) is 1. The van der Waals surface area contributed by atoms with Gasteiger partial charge in [-0.1, -0.05) is 0 Å². The number of benzene rings is 2. The second-order valence-corrected chi connectivity index (χ2v) is 7.82. The lowest BCUT2D eigenvalue weighted by Gasteiger charge is -2.35. The summed E-state index contributed by atoms with van der Waals surface area (Å²) in [5.41, 5.74) is 1.38. The Morgan fingerprint density at radius 2 is 1.54 bits per heavy atom. The van der Waals surface area contributed by atoms with Crippen molar-refractivity contribution in [3.8, 4) is 0 Å². The zero-order chi connectivity index (χ0) is 18.7. The van der Waals surface area contributed by atoms with E-state index in [0.29, 0.717) is 31.7 Å². The second kappa shape index (κ2) is 7.43. The molecular weight excluding hydrogens is 359 g/mol. The van der Waals surface area contributed by atoms with Gasteiger partial charge in [0.15, 0.2) is 0 Å². The molecule has 0 bridgehead atoms. The Kier molecular flexibility index (Phi) is 5.24. The van der Waals surface area contributed by atoms with Crippen LogP contribution in [0.2, 0.25) is 0 Å². The van der Waals surface area contributed by atoms with Crippen LogP contribution < -0.4 is 4.90 Å². The van der Waals surface area contributed by atoms with Crippen LogP contribution in [0.1, 0.15) is 10.4 Å². The van der Waals surface area contributed by atoms with Gasteiger partial charge >= 0.3 is 5.97 Å². The molecule has 1 saturated heterocycles. The molecule has 0 aliphatic carbocycles. The van der Waals surface area contributed by atoms with Gasteiger partial charge in [0.2, 0.25) is 10.0 Å². The van der Waals surface area contributed by atoms with Crippen LogP contribution in [0, 0.1) is 5.82 Å². The maximum absolute atomic E-state index is 13.0. The molecule has 0 saturated carbocycles. The molecule has 0 unspecified atom stereocenters. The van der Waals surface area contributed by atoms with E-state index in [-0.39, 0.29) is 4.90 Å². The number of rotatable bonds is 4. The summed E-state index contributed by atoms with van der Waals surface area (Å²) in [5.74, 6) is -0.865. The number of esters is 1. The summed E-state index contributed by atoms with van der Waals surface area (Å²) >= 11 is 0. The first kappa shape index (κ1) is 18.3. The fraction of sp³-hybridized carbons (Fsp3) is 0.278. The van der Waals surface area contributed by atoms with Gasteiger partial charge in [0.25, 0.3) is 0 Å². The van der Waals surface area contributed by atoms with Crippen LogP contribution in [0.25, 0.3) is 0 Å². The molecule has 0 radical (unpaired) electrons. The first-order valence-corrected chi connectivity index (χ1v) is 9.55. The van der Waals surface area contributed by atoms with Crippen molar-refractivity contribution in [1.29, 1.82) is 0 Å². The third kappa shape index (κ3) is 3.71. The van der Waals surface area contributed by atoms with Crippen molar-refractivity contribution >= 4 is 21.7 Å². The molecule has 0 spiro atoms. The first-order valence-electron chi connectivity index (χ1n) is 8.11. The number of carbonyl (C=O) groups excluding carboxylic acids is 1. The standard InChI is InChI=1S/C18H19FN2O4S/c1-25-18(22)14-2-6-16(7-3-14)20-10-12-21(13-11-20)26(23,24)17-8-4-15(19)5-9-17/h2-9H,10-13H2,1H3. The van der Waals surface area contributed by atoms with Gasteiger partial charge in [0.05, 0.1) is 17.6 Å². The van der Waals surface area contributed by atoms with E-state index in [1.807, 2.05) is 12.1 Å². The molecule has 3 rings (SSSR count). The summed E-state index contributed by atoms with van der Waals surface area (Å²) < 4.78 is 44.3. The van der Waals surface area contributed by atoms with Gasteiger partial charge in [-0.2, -0.15) is 4.31 Å². The average molecular weight is 378 g/mol. The van der Waals surface area contributed by atoms with E-state index < -0.39 is 21.8 Å². The predicted octanol–water partition coefficient (Wildman–Crippen LogP) is 2.12. The van der Waals surface area contributed by atoms with Crippen molar-refractivity contribution in [1.82, 2.24) is 4.31 Å². The third-order valence-electron chi connectivity index (χ3n) is 4.34. The van der Waals surface area contributed by atoms with Gasteiger partial charge < -0.3 is 9.64 Å². The van der Waals surface area contributed by atoms with Gasteiger partial charge in [-0.05, 0) is 48.5 Å². The van der Waals surface area contributed by atoms with Gasteiger partial charge in [-0.15, -0.1) is 0 Å². The van der Waals surface area contributed by atoms with Crippen LogP contribution in [0.4, 0.5) is 10.1 Å². The normalized spacial score (nSPS) is 15.7. The van der Waals surface area contributed by atoms with E-state index in [1.165, 1.54) is 23.5 Å². The van der Waals surface area contributed by atoms with Crippen LogP contribution in [0.5, 0.6) is 0 Å². The highest BCUT2D eigenvalue weighted by molar-refractivity contribution is 7.89. The molecule has 6 nitrogen and oxygen atoms in total. The number of anilines is 1. The van der Waals surface area contributed by atoms with E-state index in [0.717, 1.165) is 17.8 Å². The molecule has 26 heavy (non-hydrogen) atoms. The molecule has 0 atom stereocenters. The van der Waals surface area contributed by atoms with Gasteiger partial charge in [0, 0.05) is 31.9 Å². The van der Waals surface area contributed by atoms with Gasteiger partial charge in [0.1, 0.15) is 5.82 Å². The molecule has 2 aromatic carbocycles. The van der Waals surface area contributed by atoms with E-state index in [9.17, 15) is 17.6 Å². The highest BCUT2D eigenvalue weighted by Crippen LogP contribution is 2.22. The Morgan fingerprint density at radius 3 is 2.08 bits per heavy atom. The Bertz CT molecular complexity index is 874. The monoisotopic (exact) mass is 378 g/mol. The Hall–Kier alpha value is -2.45. The van der Waals surface area contributed by atoms with Crippen molar-refractivity contribution in [3.63, 3.8) is 0 Å². The van der Waals surface area contributed by atoms with Crippen molar-refractivity contribution in [3.05, 3.63) is 59.9 Å². The molecule has 1 aliphatic heterocycles. The fourth-order valence-corrected chi connectivity index (χ4v) is 4.29. The fourth-order valence-electron chi connectivity index (χ4n) is 2.87. The number of nitrogens with zero attached hydrogens (tertiary/aromatic N) is 2. The van der Waals surface area contributed by atoms with Gasteiger partial charge in [-0.3, -0.25) is 0 Å². The molecule has 1 fully saturated rings. The lowest BCUT2D eigenvalue weighted by atomic mass is 10.2. The SMILES string of the molecule is COC(=O)c1ccc(N2CCN(S(=O)(=O)c3ccc(F)cc3)CC2)cc1. The van der Waals surface area contributed by atoms with E-state index in [2.05, 4.69) is 9.64 Å². The highest BCUT2D eigenvalue weighted by Gasteiger charge is 2.28. The summed E-state index contributed by atoms with van der Waals surface area (Å²) in [5, 5.41) is 0. The van der Waals surface area contributed by atoms with Crippen LogP contribution in [0.15, 0.2) is 53.4 Å². The maximum Gasteiger partial charge on any atom is 0.337 e. The molecule has 1 heterocycles. The molecular formula is C18H19FN2O4S. The zero-order valence-electron chi connectivity index (χ0n) is 14.3. The molecule has 8 heteroatoms. The summed E-state index contributed by atoms with van der Waals surface area (Å²) in [6.07, 6.45) is 0. The van der Waals surface area contributed by atoms with Crippen molar-refractivity contribution in [2.75, 3.05) is 38.2 Å². The number of methoxy groups -OCH3 is 1. The van der Waals surface area contributed by atoms with Gasteiger partial charge in [-0.25, -0.2) is 17.6 Å². The minimum Gasteiger partial charge on any atom is -0.465 e. The smallest absolute Gasteiger partial charge is 0.337 e. The topological polar surface area (TPSA) is 66.9 Å². The maximum atomic E-state index is 13.0. The van der Waals surface area contributed by atoms with Crippen molar-refractivity contribution in [2.24, 2.45) is 0 Å². The van der Waals surface area contributed by atoms with E-state index in [1.54, 1.807) is 12.1 Å². The Morgan fingerprint density at radius 1 is 0.962 bits per heavy atom. The quantitative estimate of drug-likeness (QED) is 0.763. The van der Waals surface area contributed by atoms with Crippen LogP contribution in [-0.4, -0.2) is 52.0 Å². The summed E-state index contributed by atoms with van der Waals surface area (Å²) in [6, 6.07) is 11.8. The zero-order valence-corrected chi connectivity index (χ0v) is 15.1. The summed E-state index contributed by atoms with van der Waals surface area (Å²) in [4.78, 5) is 13.6. The molecule has 1 aliphatic rings.